The van der Waals surface area contributed by atoms with Gasteiger partial charge in [0.25, 0.3) is 5.56 Å². The summed E-state index contributed by atoms with van der Waals surface area (Å²) >= 11 is 2.97. The Labute approximate surface area is 104 Å². The predicted octanol–water partition coefficient (Wildman–Crippen LogP) is 0.355. The number of halogens is 1. The molecule has 0 bridgehead atoms. The van der Waals surface area contributed by atoms with E-state index in [0.29, 0.717) is 0 Å². The molecule has 1 aromatic rings. The molecule has 7 nitrogen and oxygen atoms in total. The molecule has 0 saturated heterocycles. The van der Waals surface area contributed by atoms with Gasteiger partial charge in [0, 0.05) is 18.7 Å². The Morgan fingerprint density at radius 3 is 2.76 bits per heavy atom. The number of aliphatic carboxylic acids is 1. The van der Waals surface area contributed by atoms with Gasteiger partial charge in [-0.25, -0.2) is 9.59 Å². The lowest BCUT2D eigenvalue weighted by Gasteiger charge is -2.13. The second-order valence-corrected chi connectivity index (χ2v) is 4.33. The smallest absolute Gasteiger partial charge is 0.349 e. The quantitative estimate of drug-likeness (QED) is 0.696. The molecule has 0 aliphatic carbocycles. The van der Waals surface area contributed by atoms with Gasteiger partial charge in [-0.05, 0) is 22.9 Å². The van der Waals surface area contributed by atoms with E-state index in [4.69, 9.17) is 10.5 Å². The van der Waals surface area contributed by atoms with Crippen molar-refractivity contribution in [2.45, 2.75) is 19.4 Å². The standard InChI is InChI=1S/C9H10BrN3O4/c1-4(2-6(11)8(15)16)13-3-5(10)7(14)12-9(13)17/h3-4,11H,2H2,1H3,(H,15,16)(H,12,14,17). The normalized spacial score (nSPS) is 12.1. The maximum Gasteiger partial charge on any atom is 0.349 e. The third-order valence-electron chi connectivity index (χ3n) is 2.16. The molecule has 1 rings (SSSR count). The largest absolute Gasteiger partial charge is 0.477 e. The second kappa shape index (κ2) is 5.09. The van der Waals surface area contributed by atoms with Gasteiger partial charge < -0.3 is 5.11 Å². The fourth-order valence-electron chi connectivity index (χ4n) is 1.27. The van der Waals surface area contributed by atoms with E-state index in [2.05, 4.69) is 20.9 Å². The highest BCUT2D eigenvalue weighted by Gasteiger charge is 2.15. The van der Waals surface area contributed by atoms with E-state index in [0.717, 1.165) is 0 Å². The zero-order valence-electron chi connectivity index (χ0n) is 8.86. The summed E-state index contributed by atoms with van der Waals surface area (Å²) in [4.78, 5) is 35.1. The fourth-order valence-corrected chi connectivity index (χ4v) is 1.59. The topological polar surface area (TPSA) is 116 Å². The molecule has 0 radical (unpaired) electrons. The molecule has 0 aliphatic heterocycles. The highest BCUT2D eigenvalue weighted by atomic mass is 79.9. The first-order valence-electron chi connectivity index (χ1n) is 4.64. The summed E-state index contributed by atoms with van der Waals surface area (Å²) < 4.78 is 1.34. The summed E-state index contributed by atoms with van der Waals surface area (Å²) in [6.45, 7) is 1.59. The number of rotatable bonds is 4. The number of H-pyrrole nitrogens is 1. The first-order chi connectivity index (χ1) is 7.82. The van der Waals surface area contributed by atoms with Gasteiger partial charge in [-0.15, -0.1) is 0 Å². The predicted molar refractivity (Wildman–Crippen MR) is 63.7 cm³/mol. The van der Waals surface area contributed by atoms with Crippen LogP contribution in [0.2, 0.25) is 0 Å². The first-order valence-corrected chi connectivity index (χ1v) is 5.44. The number of aromatic amines is 1. The molecule has 8 heteroatoms. The van der Waals surface area contributed by atoms with Crippen molar-refractivity contribution in [1.82, 2.24) is 9.55 Å². The lowest BCUT2D eigenvalue weighted by molar-refractivity contribution is -0.129. The van der Waals surface area contributed by atoms with Crippen molar-refractivity contribution in [3.05, 3.63) is 31.5 Å². The van der Waals surface area contributed by atoms with Gasteiger partial charge in [-0.3, -0.25) is 19.8 Å². The molecular weight excluding hydrogens is 294 g/mol. The molecule has 0 fully saturated rings. The second-order valence-electron chi connectivity index (χ2n) is 3.48. The summed E-state index contributed by atoms with van der Waals surface area (Å²) in [5.41, 5.74) is -1.68. The van der Waals surface area contributed by atoms with E-state index in [1.807, 2.05) is 0 Å². The van der Waals surface area contributed by atoms with Gasteiger partial charge in [0.1, 0.15) is 5.71 Å². The zero-order valence-corrected chi connectivity index (χ0v) is 10.4. The van der Waals surface area contributed by atoms with Crippen LogP contribution in [-0.2, 0) is 4.79 Å². The van der Waals surface area contributed by atoms with Crippen LogP contribution in [0, 0.1) is 5.41 Å². The van der Waals surface area contributed by atoms with Crippen LogP contribution in [-0.4, -0.2) is 26.3 Å². The maximum absolute atomic E-state index is 11.5. The molecule has 1 heterocycles. The Bertz CT molecular complexity index is 574. The van der Waals surface area contributed by atoms with Gasteiger partial charge in [-0.1, -0.05) is 0 Å². The van der Waals surface area contributed by atoms with Gasteiger partial charge >= 0.3 is 11.7 Å². The van der Waals surface area contributed by atoms with Crippen LogP contribution in [0.25, 0.3) is 0 Å². The summed E-state index contributed by atoms with van der Waals surface area (Å²) in [6.07, 6.45) is 1.18. The van der Waals surface area contributed by atoms with Crippen LogP contribution in [0.5, 0.6) is 0 Å². The van der Waals surface area contributed by atoms with Gasteiger partial charge in [-0.2, -0.15) is 0 Å². The number of carboxylic acid groups (broad SMARTS) is 1. The Morgan fingerprint density at radius 2 is 2.24 bits per heavy atom. The number of nitrogens with zero attached hydrogens (tertiary/aromatic N) is 1. The number of carbonyl (C=O) groups is 1. The Balaban J connectivity index is 3.05. The van der Waals surface area contributed by atoms with Crippen LogP contribution in [0.4, 0.5) is 0 Å². The number of aromatic nitrogens is 2. The molecule has 0 spiro atoms. The van der Waals surface area contributed by atoms with Gasteiger partial charge in [0.15, 0.2) is 0 Å². The highest BCUT2D eigenvalue weighted by Crippen LogP contribution is 2.10. The molecule has 1 aromatic heterocycles. The van der Waals surface area contributed by atoms with E-state index >= 15 is 0 Å². The molecule has 92 valence electrons. The third kappa shape index (κ3) is 3.13. The van der Waals surface area contributed by atoms with E-state index < -0.39 is 29.0 Å². The lowest BCUT2D eigenvalue weighted by Crippen LogP contribution is -2.32. The fraction of sp³-hybridized carbons (Fsp3) is 0.333. The van der Waals surface area contributed by atoms with E-state index in [1.54, 1.807) is 6.92 Å². The SMILES string of the molecule is CC(CC(=N)C(=O)O)n1cc(Br)c(=O)[nH]c1=O. The van der Waals surface area contributed by atoms with Crippen molar-refractivity contribution in [2.75, 3.05) is 0 Å². The summed E-state index contributed by atoms with van der Waals surface area (Å²) in [6, 6.07) is -0.528. The third-order valence-corrected chi connectivity index (χ3v) is 2.72. The minimum atomic E-state index is -1.33. The Kier molecular flexibility index (Phi) is 4.00. The molecular formula is C9H10BrN3O4. The first kappa shape index (κ1) is 13.4. The van der Waals surface area contributed by atoms with Crippen LogP contribution >= 0.6 is 15.9 Å². The lowest BCUT2D eigenvalue weighted by atomic mass is 10.1. The number of carboxylic acids is 1. The number of nitrogens with one attached hydrogen (secondary N) is 2. The van der Waals surface area contributed by atoms with Crippen molar-refractivity contribution >= 4 is 27.6 Å². The van der Waals surface area contributed by atoms with Crippen molar-refractivity contribution in [1.29, 1.82) is 5.41 Å². The van der Waals surface area contributed by atoms with Crippen LogP contribution < -0.4 is 11.2 Å². The number of hydrogen-bond acceptors (Lipinski definition) is 4. The molecule has 17 heavy (non-hydrogen) atoms. The average molecular weight is 304 g/mol. The van der Waals surface area contributed by atoms with Crippen molar-refractivity contribution in [2.24, 2.45) is 0 Å². The monoisotopic (exact) mass is 303 g/mol. The van der Waals surface area contributed by atoms with Crippen LogP contribution in [0.1, 0.15) is 19.4 Å². The van der Waals surface area contributed by atoms with E-state index in [1.165, 1.54) is 10.8 Å². The summed E-state index contributed by atoms with van der Waals surface area (Å²) in [5.74, 6) is -1.33. The average Bonchev–Trinajstić information content (AvgIpc) is 2.22. The Morgan fingerprint density at radius 1 is 1.65 bits per heavy atom. The highest BCUT2D eigenvalue weighted by molar-refractivity contribution is 9.10. The van der Waals surface area contributed by atoms with E-state index in [-0.39, 0.29) is 10.9 Å². The van der Waals surface area contributed by atoms with E-state index in [9.17, 15) is 14.4 Å². The molecule has 1 atom stereocenters. The van der Waals surface area contributed by atoms with Gasteiger partial charge in [0.2, 0.25) is 0 Å². The molecule has 0 saturated carbocycles. The zero-order chi connectivity index (χ0) is 13.2. The molecule has 0 amide bonds. The molecule has 0 aromatic carbocycles. The molecule has 3 N–H and O–H groups in total. The summed E-state index contributed by atoms with van der Waals surface area (Å²) in [7, 11) is 0. The van der Waals surface area contributed by atoms with Crippen molar-refractivity contribution in [3.63, 3.8) is 0 Å². The minimum absolute atomic E-state index is 0.103. The maximum atomic E-state index is 11.5. The number of hydrogen-bond donors (Lipinski definition) is 3. The van der Waals surface area contributed by atoms with Crippen molar-refractivity contribution < 1.29 is 9.90 Å². The van der Waals surface area contributed by atoms with Gasteiger partial charge in [0.05, 0.1) is 4.47 Å². The molecule has 0 aliphatic rings. The van der Waals surface area contributed by atoms with Crippen LogP contribution in [0.3, 0.4) is 0 Å². The van der Waals surface area contributed by atoms with Crippen molar-refractivity contribution in [3.8, 4) is 0 Å². The Hall–Kier alpha value is -1.70. The summed E-state index contributed by atoms with van der Waals surface area (Å²) in [5, 5.41) is 15.8. The van der Waals surface area contributed by atoms with Crippen LogP contribution in [0.15, 0.2) is 20.3 Å². The minimum Gasteiger partial charge on any atom is -0.477 e. The molecule has 1 unspecified atom stereocenters.